The second kappa shape index (κ2) is 4.84. The summed E-state index contributed by atoms with van der Waals surface area (Å²) in [6.45, 7) is -0.0920. The number of benzene rings is 1. The fraction of sp³-hybridized carbons (Fsp3) is 0.364. The lowest BCUT2D eigenvalue weighted by Crippen LogP contribution is -2.29. The Labute approximate surface area is 97.0 Å². The molecule has 0 saturated carbocycles. The van der Waals surface area contributed by atoms with Crippen molar-refractivity contribution < 1.29 is 14.3 Å². The number of halogens is 1. The fourth-order valence-corrected chi connectivity index (χ4v) is 2.95. The first-order valence-electron chi connectivity index (χ1n) is 5.05. The molecule has 16 heavy (non-hydrogen) atoms. The van der Waals surface area contributed by atoms with E-state index in [0.29, 0.717) is 4.90 Å². The quantitative estimate of drug-likeness (QED) is 0.850. The van der Waals surface area contributed by atoms with Crippen molar-refractivity contribution in [2.45, 2.75) is 17.4 Å². The monoisotopic (exact) mass is 241 g/mol. The zero-order valence-electron chi connectivity index (χ0n) is 8.57. The van der Waals surface area contributed by atoms with E-state index in [9.17, 15) is 9.18 Å². The molecule has 1 heterocycles. The highest BCUT2D eigenvalue weighted by molar-refractivity contribution is 7.99. The molecule has 3 nitrogen and oxygen atoms in total. The lowest BCUT2D eigenvalue weighted by Gasteiger charge is -2.25. The Kier molecular flexibility index (Phi) is 3.46. The molecule has 1 aliphatic heterocycles. The highest BCUT2D eigenvalue weighted by Gasteiger charge is 2.22. The minimum absolute atomic E-state index is 0.0527. The number of hydrogen-bond acceptors (Lipinski definition) is 3. The van der Waals surface area contributed by atoms with E-state index in [-0.39, 0.29) is 18.4 Å². The smallest absolute Gasteiger partial charge is 0.317 e. The molecular weight excluding hydrogens is 229 g/mol. The van der Waals surface area contributed by atoms with Gasteiger partial charge in [0.25, 0.3) is 0 Å². The SMILES string of the molecule is O=C(O)CNC1CCSc2c(F)cccc21. The maximum Gasteiger partial charge on any atom is 0.317 e. The average molecular weight is 241 g/mol. The number of fused-ring (bicyclic) bond motifs is 1. The van der Waals surface area contributed by atoms with Crippen molar-refractivity contribution in [3.05, 3.63) is 29.6 Å². The van der Waals surface area contributed by atoms with Gasteiger partial charge in [0.1, 0.15) is 5.82 Å². The van der Waals surface area contributed by atoms with Crippen LogP contribution in [0.15, 0.2) is 23.1 Å². The summed E-state index contributed by atoms with van der Waals surface area (Å²) in [4.78, 5) is 11.1. The van der Waals surface area contributed by atoms with Gasteiger partial charge in [0.05, 0.1) is 6.54 Å². The molecule has 0 bridgehead atoms. The highest BCUT2D eigenvalue weighted by atomic mass is 32.2. The van der Waals surface area contributed by atoms with Crippen LogP contribution >= 0.6 is 11.8 Å². The normalized spacial score (nSPS) is 19.2. The highest BCUT2D eigenvalue weighted by Crippen LogP contribution is 2.37. The Hall–Kier alpha value is -1.07. The molecule has 0 aromatic heterocycles. The predicted octanol–water partition coefficient (Wildman–Crippen LogP) is 2.04. The van der Waals surface area contributed by atoms with Gasteiger partial charge in [-0.05, 0) is 23.8 Å². The van der Waals surface area contributed by atoms with Crippen molar-refractivity contribution in [1.29, 1.82) is 0 Å². The van der Waals surface area contributed by atoms with Gasteiger partial charge in [-0.2, -0.15) is 0 Å². The molecule has 2 rings (SSSR count). The van der Waals surface area contributed by atoms with Crippen LogP contribution in [0, 0.1) is 5.82 Å². The van der Waals surface area contributed by atoms with Gasteiger partial charge < -0.3 is 5.11 Å². The summed E-state index contributed by atoms with van der Waals surface area (Å²) in [5.74, 6) is -0.300. The summed E-state index contributed by atoms with van der Waals surface area (Å²) in [6, 6.07) is 4.90. The van der Waals surface area contributed by atoms with Crippen molar-refractivity contribution in [2.75, 3.05) is 12.3 Å². The summed E-state index contributed by atoms with van der Waals surface area (Å²) in [5, 5.41) is 11.5. The Morgan fingerprint density at radius 1 is 1.62 bits per heavy atom. The van der Waals surface area contributed by atoms with Crippen molar-refractivity contribution in [3.63, 3.8) is 0 Å². The van der Waals surface area contributed by atoms with Gasteiger partial charge in [-0.15, -0.1) is 11.8 Å². The third-order valence-corrected chi connectivity index (χ3v) is 3.68. The van der Waals surface area contributed by atoms with Gasteiger partial charge in [-0.3, -0.25) is 10.1 Å². The average Bonchev–Trinajstić information content (AvgIpc) is 2.27. The molecule has 1 atom stereocenters. The molecule has 0 radical (unpaired) electrons. The molecule has 0 fully saturated rings. The minimum atomic E-state index is -0.892. The topological polar surface area (TPSA) is 49.3 Å². The Balaban J connectivity index is 2.19. The molecule has 0 aliphatic carbocycles. The van der Waals surface area contributed by atoms with Crippen LogP contribution in [0.2, 0.25) is 0 Å². The standard InChI is InChI=1S/C11H12FNO2S/c12-8-3-1-2-7-9(13-6-10(14)15)4-5-16-11(7)8/h1-3,9,13H,4-6H2,(H,14,15). The van der Waals surface area contributed by atoms with Gasteiger partial charge >= 0.3 is 5.97 Å². The van der Waals surface area contributed by atoms with Crippen LogP contribution in [0.25, 0.3) is 0 Å². The van der Waals surface area contributed by atoms with E-state index in [0.717, 1.165) is 17.7 Å². The molecule has 86 valence electrons. The van der Waals surface area contributed by atoms with Gasteiger partial charge in [-0.1, -0.05) is 12.1 Å². The Bertz CT molecular complexity index is 411. The lowest BCUT2D eigenvalue weighted by molar-refractivity contribution is -0.136. The van der Waals surface area contributed by atoms with Crippen LogP contribution in [0.1, 0.15) is 18.0 Å². The van der Waals surface area contributed by atoms with E-state index in [1.807, 2.05) is 6.07 Å². The second-order valence-corrected chi connectivity index (χ2v) is 4.73. The molecule has 0 amide bonds. The molecule has 1 unspecified atom stereocenters. The van der Waals surface area contributed by atoms with Gasteiger partial charge in [0, 0.05) is 10.9 Å². The number of carboxylic acid groups (broad SMARTS) is 1. The largest absolute Gasteiger partial charge is 0.480 e. The van der Waals surface area contributed by atoms with E-state index >= 15 is 0 Å². The number of nitrogens with one attached hydrogen (secondary N) is 1. The predicted molar refractivity (Wildman–Crippen MR) is 60.1 cm³/mol. The van der Waals surface area contributed by atoms with Crippen LogP contribution in [-0.2, 0) is 4.79 Å². The maximum absolute atomic E-state index is 13.5. The first-order valence-corrected chi connectivity index (χ1v) is 6.03. The molecule has 0 saturated heterocycles. The summed E-state index contributed by atoms with van der Waals surface area (Å²) in [7, 11) is 0. The zero-order valence-corrected chi connectivity index (χ0v) is 9.39. The molecule has 0 spiro atoms. The van der Waals surface area contributed by atoms with Crippen molar-refractivity contribution in [2.24, 2.45) is 0 Å². The molecule has 5 heteroatoms. The van der Waals surface area contributed by atoms with Gasteiger partial charge in [0.15, 0.2) is 0 Å². The van der Waals surface area contributed by atoms with Gasteiger partial charge in [-0.25, -0.2) is 4.39 Å². The summed E-state index contributed by atoms with van der Waals surface area (Å²) in [6.07, 6.45) is 0.828. The number of thioether (sulfide) groups is 1. The summed E-state index contributed by atoms with van der Waals surface area (Å²) < 4.78 is 13.5. The molecule has 1 aromatic carbocycles. The summed E-state index contributed by atoms with van der Waals surface area (Å²) in [5.41, 5.74) is 0.873. The number of carboxylic acids is 1. The van der Waals surface area contributed by atoms with Gasteiger partial charge in [0.2, 0.25) is 0 Å². The van der Waals surface area contributed by atoms with Crippen LogP contribution in [0.4, 0.5) is 4.39 Å². The third kappa shape index (κ3) is 2.36. The van der Waals surface area contributed by atoms with E-state index < -0.39 is 5.97 Å². The van der Waals surface area contributed by atoms with Crippen LogP contribution in [0.3, 0.4) is 0 Å². The zero-order chi connectivity index (χ0) is 11.5. The summed E-state index contributed by atoms with van der Waals surface area (Å²) >= 11 is 1.49. The second-order valence-electron chi connectivity index (χ2n) is 3.62. The number of rotatable bonds is 3. The van der Waals surface area contributed by atoms with Crippen molar-refractivity contribution in [1.82, 2.24) is 5.32 Å². The van der Waals surface area contributed by atoms with Crippen LogP contribution < -0.4 is 5.32 Å². The molecular formula is C11H12FNO2S. The first kappa shape index (κ1) is 11.4. The minimum Gasteiger partial charge on any atom is -0.480 e. The van der Waals surface area contributed by atoms with Crippen LogP contribution in [-0.4, -0.2) is 23.4 Å². The first-order chi connectivity index (χ1) is 7.68. The van der Waals surface area contributed by atoms with E-state index in [4.69, 9.17) is 5.11 Å². The van der Waals surface area contributed by atoms with E-state index in [1.54, 1.807) is 6.07 Å². The van der Waals surface area contributed by atoms with E-state index in [2.05, 4.69) is 5.32 Å². The lowest BCUT2D eigenvalue weighted by atomic mass is 10.0. The van der Waals surface area contributed by atoms with E-state index in [1.165, 1.54) is 17.8 Å². The van der Waals surface area contributed by atoms with Crippen LogP contribution in [0.5, 0.6) is 0 Å². The fourth-order valence-electron chi connectivity index (χ4n) is 1.81. The number of hydrogen-bond donors (Lipinski definition) is 2. The number of carbonyl (C=O) groups is 1. The molecule has 1 aromatic rings. The van der Waals surface area contributed by atoms with Crippen molar-refractivity contribution in [3.8, 4) is 0 Å². The Morgan fingerprint density at radius 3 is 3.19 bits per heavy atom. The number of aliphatic carboxylic acids is 1. The van der Waals surface area contributed by atoms with Crippen molar-refractivity contribution >= 4 is 17.7 Å². The molecule has 2 N–H and O–H groups in total. The Morgan fingerprint density at radius 2 is 2.44 bits per heavy atom. The third-order valence-electron chi connectivity index (χ3n) is 2.53. The molecule has 1 aliphatic rings. The maximum atomic E-state index is 13.5.